The van der Waals surface area contributed by atoms with Crippen molar-refractivity contribution in [3.63, 3.8) is 0 Å². The molecule has 1 aromatic heterocycles. The van der Waals surface area contributed by atoms with Gasteiger partial charge < -0.3 is 10.2 Å². The van der Waals surface area contributed by atoms with Crippen molar-refractivity contribution in [2.75, 3.05) is 23.8 Å². The second-order valence-corrected chi connectivity index (χ2v) is 4.24. The molecule has 0 amide bonds. The second-order valence-electron chi connectivity index (χ2n) is 4.24. The fraction of sp³-hybridized carbons (Fsp3) is 0.583. The maximum absolute atomic E-state index is 8.70. The summed E-state index contributed by atoms with van der Waals surface area (Å²) in [5.41, 5.74) is 0. The van der Waals surface area contributed by atoms with E-state index in [1.54, 1.807) is 0 Å². The average molecular weight is 231 g/mol. The van der Waals surface area contributed by atoms with Crippen LogP contribution in [-0.4, -0.2) is 29.6 Å². The molecule has 0 aromatic carbocycles. The molecule has 1 heterocycles. The number of nitrogens with one attached hydrogen (secondary N) is 1. The summed E-state index contributed by atoms with van der Waals surface area (Å²) in [6.07, 6.45) is 2.93. The van der Waals surface area contributed by atoms with Crippen molar-refractivity contribution >= 4 is 11.6 Å². The summed E-state index contributed by atoms with van der Waals surface area (Å²) in [6, 6.07) is 4.70. The zero-order valence-corrected chi connectivity index (χ0v) is 10.3. The molecule has 1 aliphatic rings. The largest absolute Gasteiger partial charge is 0.373 e. The van der Waals surface area contributed by atoms with Crippen LogP contribution >= 0.6 is 0 Å². The number of rotatable bonds is 5. The van der Waals surface area contributed by atoms with Gasteiger partial charge in [0.1, 0.15) is 17.5 Å². The Morgan fingerprint density at radius 1 is 1.53 bits per heavy atom. The van der Waals surface area contributed by atoms with E-state index in [-0.39, 0.29) is 0 Å². The molecule has 90 valence electrons. The second kappa shape index (κ2) is 5.00. The van der Waals surface area contributed by atoms with Gasteiger partial charge in [0, 0.05) is 25.7 Å². The number of hydrogen-bond acceptors (Lipinski definition) is 5. The zero-order chi connectivity index (χ0) is 12.3. The van der Waals surface area contributed by atoms with Crippen molar-refractivity contribution in [2.24, 2.45) is 0 Å². The molecule has 1 aliphatic carbocycles. The van der Waals surface area contributed by atoms with Gasteiger partial charge >= 0.3 is 0 Å². The Balaban J connectivity index is 2.22. The van der Waals surface area contributed by atoms with Crippen molar-refractivity contribution in [3.05, 3.63) is 11.9 Å². The molecule has 0 spiro atoms. The van der Waals surface area contributed by atoms with E-state index in [1.807, 2.05) is 20.0 Å². The normalized spacial score (nSPS) is 14.2. The number of aromatic nitrogens is 2. The van der Waals surface area contributed by atoms with Crippen LogP contribution in [0, 0.1) is 18.3 Å². The summed E-state index contributed by atoms with van der Waals surface area (Å²) >= 11 is 0. The minimum Gasteiger partial charge on any atom is -0.373 e. The van der Waals surface area contributed by atoms with Gasteiger partial charge in [0.05, 0.1) is 12.5 Å². The van der Waals surface area contributed by atoms with Crippen LogP contribution in [0.3, 0.4) is 0 Å². The van der Waals surface area contributed by atoms with Gasteiger partial charge in [-0.2, -0.15) is 5.26 Å². The lowest BCUT2D eigenvalue weighted by Gasteiger charge is -2.22. The van der Waals surface area contributed by atoms with Gasteiger partial charge in [0.2, 0.25) is 0 Å². The first-order valence-corrected chi connectivity index (χ1v) is 5.91. The summed E-state index contributed by atoms with van der Waals surface area (Å²) in [6.45, 7) is 2.64. The summed E-state index contributed by atoms with van der Waals surface area (Å²) in [5, 5.41) is 11.7. The van der Waals surface area contributed by atoms with Gasteiger partial charge in [-0.05, 0) is 19.8 Å². The van der Waals surface area contributed by atoms with Crippen LogP contribution in [0.2, 0.25) is 0 Å². The molecular formula is C12H17N5. The van der Waals surface area contributed by atoms with Gasteiger partial charge in [0.25, 0.3) is 0 Å². The van der Waals surface area contributed by atoms with Gasteiger partial charge in [-0.25, -0.2) is 9.97 Å². The van der Waals surface area contributed by atoms with Crippen molar-refractivity contribution in [1.29, 1.82) is 5.26 Å². The topological polar surface area (TPSA) is 64.8 Å². The number of nitrogens with zero attached hydrogens (tertiary/aromatic N) is 4. The van der Waals surface area contributed by atoms with E-state index in [1.165, 1.54) is 12.8 Å². The van der Waals surface area contributed by atoms with E-state index in [0.717, 1.165) is 24.0 Å². The van der Waals surface area contributed by atoms with Crippen LogP contribution in [-0.2, 0) is 0 Å². The van der Waals surface area contributed by atoms with Gasteiger partial charge in [-0.1, -0.05) is 0 Å². The van der Waals surface area contributed by atoms with Crippen LogP contribution < -0.4 is 10.2 Å². The number of nitriles is 1. The minimum absolute atomic E-state index is 0.536. The average Bonchev–Trinajstić information content (AvgIpc) is 3.13. The van der Waals surface area contributed by atoms with E-state index in [9.17, 15) is 0 Å². The Bertz CT molecular complexity index is 433. The zero-order valence-electron chi connectivity index (χ0n) is 10.3. The first-order chi connectivity index (χ1) is 8.24. The van der Waals surface area contributed by atoms with Crippen LogP contribution in [0.4, 0.5) is 11.6 Å². The van der Waals surface area contributed by atoms with Crippen LogP contribution in [0.5, 0.6) is 0 Å². The SMILES string of the molecule is CNc1cc(N(CCC#N)C2CC2)nc(C)n1. The lowest BCUT2D eigenvalue weighted by Crippen LogP contribution is -2.28. The van der Waals surface area contributed by atoms with Crippen LogP contribution in [0.1, 0.15) is 25.1 Å². The van der Waals surface area contributed by atoms with Crippen molar-refractivity contribution < 1.29 is 0 Å². The molecule has 1 N–H and O–H groups in total. The Hall–Kier alpha value is -1.83. The third-order valence-electron chi connectivity index (χ3n) is 2.83. The molecule has 1 saturated carbocycles. The Morgan fingerprint density at radius 2 is 2.29 bits per heavy atom. The Morgan fingerprint density at radius 3 is 2.88 bits per heavy atom. The molecular weight excluding hydrogens is 214 g/mol. The summed E-state index contributed by atoms with van der Waals surface area (Å²) < 4.78 is 0. The predicted octanol–water partition coefficient (Wildman–Crippen LogP) is 1.71. The van der Waals surface area contributed by atoms with E-state index < -0.39 is 0 Å². The molecule has 0 unspecified atom stereocenters. The van der Waals surface area contributed by atoms with E-state index >= 15 is 0 Å². The van der Waals surface area contributed by atoms with Crippen LogP contribution in [0.15, 0.2) is 6.07 Å². The van der Waals surface area contributed by atoms with E-state index in [2.05, 4.69) is 26.3 Å². The third-order valence-corrected chi connectivity index (χ3v) is 2.83. The molecule has 0 aliphatic heterocycles. The first-order valence-electron chi connectivity index (χ1n) is 5.91. The Labute approximate surface area is 101 Å². The highest BCUT2D eigenvalue weighted by Crippen LogP contribution is 2.31. The fourth-order valence-corrected chi connectivity index (χ4v) is 1.87. The molecule has 5 heteroatoms. The number of hydrogen-bond donors (Lipinski definition) is 1. The quantitative estimate of drug-likeness (QED) is 0.835. The molecule has 0 atom stereocenters. The van der Waals surface area contributed by atoms with E-state index in [0.29, 0.717) is 12.5 Å². The number of anilines is 2. The molecule has 0 radical (unpaired) electrons. The van der Waals surface area contributed by atoms with Crippen molar-refractivity contribution in [2.45, 2.75) is 32.2 Å². The maximum Gasteiger partial charge on any atom is 0.134 e. The maximum atomic E-state index is 8.70. The molecule has 5 nitrogen and oxygen atoms in total. The first kappa shape index (κ1) is 11.6. The molecule has 2 rings (SSSR count). The molecule has 0 saturated heterocycles. The highest BCUT2D eigenvalue weighted by Gasteiger charge is 2.30. The van der Waals surface area contributed by atoms with E-state index in [4.69, 9.17) is 5.26 Å². The highest BCUT2D eigenvalue weighted by molar-refractivity contribution is 5.50. The smallest absolute Gasteiger partial charge is 0.134 e. The van der Waals surface area contributed by atoms with Crippen molar-refractivity contribution in [1.82, 2.24) is 9.97 Å². The molecule has 0 bridgehead atoms. The molecule has 1 aromatic rings. The third kappa shape index (κ3) is 2.84. The minimum atomic E-state index is 0.536. The van der Waals surface area contributed by atoms with Gasteiger partial charge in [-0.15, -0.1) is 0 Å². The summed E-state index contributed by atoms with van der Waals surface area (Å²) in [7, 11) is 1.85. The number of aryl methyl sites for hydroxylation is 1. The summed E-state index contributed by atoms with van der Waals surface area (Å²) in [4.78, 5) is 11.0. The predicted molar refractivity (Wildman–Crippen MR) is 66.9 cm³/mol. The van der Waals surface area contributed by atoms with Crippen molar-refractivity contribution in [3.8, 4) is 6.07 Å². The Kier molecular flexibility index (Phi) is 3.43. The standard InChI is InChI=1S/C12H17N5/c1-9-15-11(14-2)8-12(16-9)17(7-3-6-13)10-4-5-10/h8,10H,3-5,7H2,1-2H3,(H,14,15,16). The fourth-order valence-electron chi connectivity index (χ4n) is 1.87. The van der Waals surface area contributed by atoms with Crippen LogP contribution in [0.25, 0.3) is 0 Å². The van der Waals surface area contributed by atoms with Gasteiger partial charge in [-0.3, -0.25) is 0 Å². The lowest BCUT2D eigenvalue weighted by molar-refractivity contribution is 0.772. The summed E-state index contributed by atoms with van der Waals surface area (Å²) in [5.74, 6) is 2.52. The van der Waals surface area contributed by atoms with Gasteiger partial charge in [0.15, 0.2) is 0 Å². The highest BCUT2D eigenvalue weighted by atomic mass is 15.2. The molecule has 1 fully saturated rings. The monoisotopic (exact) mass is 231 g/mol. The molecule has 17 heavy (non-hydrogen) atoms. The lowest BCUT2D eigenvalue weighted by atomic mass is 10.3.